The monoisotopic (exact) mass is 290 g/mol. The Hall–Kier alpha value is -2.27. The number of furan rings is 1. The molecule has 2 aromatic heterocycles. The minimum absolute atomic E-state index is 0.0581. The summed E-state index contributed by atoms with van der Waals surface area (Å²) in [7, 11) is 0. The van der Waals surface area contributed by atoms with Crippen LogP contribution in [0.15, 0.2) is 34.9 Å². The largest absolute Gasteiger partial charge is 0.475 e. The second kappa shape index (κ2) is 4.68. The topological polar surface area (TPSA) is 68.3 Å². The van der Waals surface area contributed by atoms with Crippen molar-refractivity contribution in [3.8, 4) is 0 Å². The van der Waals surface area contributed by atoms with Crippen molar-refractivity contribution in [3.05, 3.63) is 52.5 Å². The Morgan fingerprint density at radius 2 is 2.20 bits per heavy atom. The normalized spacial score (nSPS) is 11.1. The van der Waals surface area contributed by atoms with Crippen molar-refractivity contribution in [1.29, 1.82) is 0 Å². The van der Waals surface area contributed by atoms with Gasteiger partial charge in [0.1, 0.15) is 5.58 Å². The predicted molar refractivity (Wildman–Crippen MR) is 74.2 cm³/mol. The molecule has 0 aliphatic rings. The Morgan fingerprint density at radius 1 is 1.45 bits per heavy atom. The molecule has 0 fully saturated rings. The molecule has 5 nitrogen and oxygen atoms in total. The maximum atomic E-state index is 11.3. The van der Waals surface area contributed by atoms with Gasteiger partial charge in [-0.15, -0.1) is 0 Å². The van der Waals surface area contributed by atoms with Crippen LogP contribution in [0.4, 0.5) is 0 Å². The van der Waals surface area contributed by atoms with Crippen molar-refractivity contribution in [1.82, 2.24) is 9.78 Å². The number of carbonyl (C=O) groups is 1. The van der Waals surface area contributed by atoms with Crippen LogP contribution >= 0.6 is 11.6 Å². The Morgan fingerprint density at radius 3 is 2.85 bits per heavy atom. The van der Waals surface area contributed by atoms with E-state index in [2.05, 4.69) is 5.10 Å². The quantitative estimate of drug-likeness (QED) is 0.803. The van der Waals surface area contributed by atoms with E-state index >= 15 is 0 Å². The number of carboxylic acids is 1. The lowest BCUT2D eigenvalue weighted by molar-refractivity contribution is 0.0663. The number of para-hydroxylation sites is 1. The number of fused-ring (bicyclic) bond motifs is 1. The van der Waals surface area contributed by atoms with Crippen molar-refractivity contribution in [2.24, 2.45) is 0 Å². The molecule has 0 spiro atoms. The summed E-state index contributed by atoms with van der Waals surface area (Å²) in [4.78, 5) is 11.3. The maximum Gasteiger partial charge on any atom is 0.372 e. The van der Waals surface area contributed by atoms with E-state index in [1.54, 1.807) is 23.0 Å². The van der Waals surface area contributed by atoms with Gasteiger partial charge in [0.2, 0.25) is 5.76 Å². The zero-order valence-corrected chi connectivity index (χ0v) is 11.4. The first-order valence-electron chi connectivity index (χ1n) is 5.99. The van der Waals surface area contributed by atoms with Gasteiger partial charge in [-0.05, 0) is 13.0 Å². The van der Waals surface area contributed by atoms with Crippen LogP contribution in [0.2, 0.25) is 5.02 Å². The highest BCUT2D eigenvalue weighted by atomic mass is 35.5. The lowest BCUT2D eigenvalue weighted by atomic mass is 10.1. The van der Waals surface area contributed by atoms with Crippen LogP contribution in [0.5, 0.6) is 0 Å². The molecule has 0 amide bonds. The highest BCUT2D eigenvalue weighted by Crippen LogP contribution is 2.27. The third kappa shape index (κ3) is 1.96. The zero-order chi connectivity index (χ0) is 14.3. The van der Waals surface area contributed by atoms with Crippen LogP contribution < -0.4 is 0 Å². The van der Waals surface area contributed by atoms with Crippen LogP contribution in [0.1, 0.15) is 21.8 Å². The molecule has 0 radical (unpaired) electrons. The third-order valence-corrected chi connectivity index (χ3v) is 3.61. The molecule has 102 valence electrons. The van der Waals surface area contributed by atoms with Gasteiger partial charge in [-0.3, -0.25) is 4.68 Å². The molecular formula is C14H11ClN2O3. The molecule has 0 saturated carbocycles. The Kier molecular flexibility index (Phi) is 2.99. The SMILES string of the molecule is Cc1c(Cl)cnn1Cc1c(C(=O)O)oc2ccccc12. The zero-order valence-electron chi connectivity index (χ0n) is 10.6. The molecule has 6 heteroatoms. The molecule has 0 saturated heterocycles. The molecule has 1 aromatic carbocycles. The molecule has 0 aliphatic heterocycles. The second-order valence-electron chi connectivity index (χ2n) is 4.45. The minimum atomic E-state index is -1.09. The van der Waals surface area contributed by atoms with Crippen LogP contribution in [-0.2, 0) is 6.54 Å². The number of nitrogens with zero attached hydrogens (tertiary/aromatic N) is 2. The molecule has 0 bridgehead atoms. The molecular weight excluding hydrogens is 280 g/mol. The number of benzene rings is 1. The first kappa shape index (κ1) is 12.7. The van der Waals surface area contributed by atoms with E-state index in [4.69, 9.17) is 16.0 Å². The smallest absolute Gasteiger partial charge is 0.372 e. The highest BCUT2D eigenvalue weighted by Gasteiger charge is 2.20. The number of rotatable bonds is 3. The van der Waals surface area contributed by atoms with E-state index in [1.165, 1.54) is 0 Å². The summed E-state index contributed by atoms with van der Waals surface area (Å²) in [5.41, 5.74) is 1.93. The first-order chi connectivity index (χ1) is 9.58. The molecule has 3 aromatic rings. The summed E-state index contributed by atoms with van der Waals surface area (Å²) in [5, 5.41) is 14.7. The van der Waals surface area contributed by atoms with Gasteiger partial charge in [-0.25, -0.2) is 4.79 Å². The van der Waals surface area contributed by atoms with Crippen molar-refractivity contribution in [3.63, 3.8) is 0 Å². The number of halogens is 1. The number of hydrogen-bond donors (Lipinski definition) is 1. The third-order valence-electron chi connectivity index (χ3n) is 3.24. The lowest BCUT2D eigenvalue weighted by Gasteiger charge is -2.04. The van der Waals surface area contributed by atoms with Gasteiger partial charge in [0.05, 0.1) is 23.5 Å². The van der Waals surface area contributed by atoms with Crippen LogP contribution in [0.3, 0.4) is 0 Å². The predicted octanol–water partition coefficient (Wildman–Crippen LogP) is 3.34. The Bertz CT molecular complexity index is 804. The van der Waals surface area contributed by atoms with Crippen LogP contribution in [-0.4, -0.2) is 20.9 Å². The van der Waals surface area contributed by atoms with Gasteiger partial charge < -0.3 is 9.52 Å². The summed E-state index contributed by atoms with van der Waals surface area (Å²) in [6.07, 6.45) is 1.54. The summed E-state index contributed by atoms with van der Waals surface area (Å²) < 4.78 is 7.06. The average Bonchev–Trinajstić information content (AvgIpc) is 2.95. The molecule has 20 heavy (non-hydrogen) atoms. The van der Waals surface area contributed by atoms with Gasteiger partial charge in [-0.1, -0.05) is 29.8 Å². The molecule has 3 rings (SSSR count). The summed E-state index contributed by atoms with van der Waals surface area (Å²) in [6, 6.07) is 7.22. The van der Waals surface area contributed by atoms with Crippen molar-refractivity contribution in [2.45, 2.75) is 13.5 Å². The number of carboxylic acid groups (broad SMARTS) is 1. The summed E-state index contributed by atoms with van der Waals surface area (Å²) in [5.74, 6) is -1.15. The van der Waals surface area contributed by atoms with Gasteiger partial charge in [0.15, 0.2) is 0 Å². The fraction of sp³-hybridized carbons (Fsp3) is 0.143. The average molecular weight is 291 g/mol. The highest BCUT2D eigenvalue weighted by molar-refractivity contribution is 6.31. The van der Waals surface area contributed by atoms with Crippen molar-refractivity contribution < 1.29 is 14.3 Å². The molecule has 0 atom stereocenters. The first-order valence-corrected chi connectivity index (χ1v) is 6.37. The maximum absolute atomic E-state index is 11.3. The van der Waals surface area contributed by atoms with Crippen molar-refractivity contribution >= 4 is 28.5 Å². The van der Waals surface area contributed by atoms with Gasteiger partial charge >= 0.3 is 5.97 Å². The van der Waals surface area contributed by atoms with Gasteiger partial charge in [0.25, 0.3) is 0 Å². The van der Waals surface area contributed by atoms with Crippen LogP contribution in [0, 0.1) is 6.92 Å². The molecule has 0 aliphatic carbocycles. The van der Waals surface area contributed by atoms with E-state index in [0.29, 0.717) is 22.7 Å². The molecule has 1 N–H and O–H groups in total. The van der Waals surface area contributed by atoms with E-state index < -0.39 is 5.97 Å². The number of aromatic carboxylic acids is 1. The van der Waals surface area contributed by atoms with Gasteiger partial charge in [0, 0.05) is 10.9 Å². The molecule has 0 unspecified atom stereocenters. The number of aromatic nitrogens is 2. The summed E-state index contributed by atoms with van der Waals surface area (Å²) in [6.45, 7) is 2.13. The second-order valence-corrected chi connectivity index (χ2v) is 4.85. The fourth-order valence-corrected chi connectivity index (χ4v) is 2.30. The number of hydrogen-bond acceptors (Lipinski definition) is 3. The van der Waals surface area contributed by atoms with Crippen LogP contribution in [0.25, 0.3) is 11.0 Å². The molecule has 2 heterocycles. The van der Waals surface area contributed by atoms with E-state index in [0.717, 1.165) is 11.1 Å². The summed E-state index contributed by atoms with van der Waals surface area (Å²) >= 11 is 5.97. The standard InChI is InChI=1S/C14H11ClN2O3/c1-8-11(15)6-16-17(8)7-10-9-4-2-3-5-12(9)20-13(10)14(18)19/h2-6H,7H2,1H3,(H,18,19). The van der Waals surface area contributed by atoms with E-state index in [1.807, 2.05) is 19.1 Å². The van der Waals surface area contributed by atoms with Crippen molar-refractivity contribution in [2.75, 3.05) is 0 Å². The lowest BCUT2D eigenvalue weighted by Crippen LogP contribution is -2.07. The van der Waals surface area contributed by atoms with E-state index in [-0.39, 0.29) is 5.76 Å². The minimum Gasteiger partial charge on any atom is -0.475 e. The van der Waals surface area contributed by atoms with E-state index in [9.17, 15) is 9.90 Å². The Balaban J connectivity index is 2.16. The van der Waals surface area contributed by atoms with Gasteiger partial charge in [-0.2, -0.15) is 5.10 Å². The fourth-order valence-electron chi connectivity index (χ4n) is 2.16. The Labute approximate surface area is 119 Å².